The molecular weight excluding hydrogens is 254 g/mol. The van der Waals surface area contributed by atoms with Gasteiger partial charge in [0.1, 0.15) is 0 Å². The minimum absolute atomic E-state index is 0.0892. The second-order valence-electron chi connectivity index (χ2n) is 4.61. The summed E-state index contributed by atoms with van der Waals surface area (Å²) in [5, 5.41) is 0. The highest BCUT2D eigenvalue weighted by molar-refractivity contribution is 6.21. The normalized spacial score (nSPS) is 12.0. The number of carbonyl (C=O) groups is 2. The SMILES string of the molecule is CCOC(=O)c1cc2c(nc1C)-c1ccccc1C2=O. The van der Waals surface area contributed by atoms with Gasteiger partial charge < -0.3 is 4.74 Å². The van der Waals surface area contributed by atoms with Crippen molar-refractivity contribution in [1.29, 1.82) is 0 Å². The minimum atomic E-state index is -0.441. The molecule has 0 saturated carbocycles. The zero-order chi connectivity index (χ0) is 14.3. The molecule has 0 saturated heterocycles. The molecule has 0 atom stereocenters. The van der Waals surface area contributed by atoms with E-state index in [-0.39, 0.29) is 5.78 Å². The third kappa shape index (κ3) is 1.72. The monoisotopic (exact) mass is 267 g/mol. The topological polar surface area (TPSA) is 56.3 Å². The minimum Gasteiger partial charge on any atom is -0.462 e. The van der Waals surface area contributed by atoms with Crippen molar-refractivity contribution in [3.8, 4) is 11.3 Å². The lowest BCUT2D eigenvalue weighted by Crippen LogP contribution is -2.10. The van der Waals surface area contributed by atoms with E-state index in [9.17, 15) is 9.59 Å². The first kappa shape index (κ1) is 12.5. The molecule has 4 heteroatoms. The van der Waals surface area contributed by atoms with Gasteiger partial charge in [-0.3, -0.25) is 9.78 Å². The van der Waals surface area contributed by atoms with E-state index in [1.165, 1.54) is 0 Å². The molecular formula is C16H13NO3. The lowest BCUT2D eigenvalue weighted by Gasteiger charge is -2.07. The molecule has 0 aliphatic heterocycles. The van der Waals surface area contributed by atoms with Crippen LogP contribution in [0.3, 0.4) is 0 Å². The second kappa shape index (κ2) is 4.56. The number of aryl methyl sites for hydroxylation is 1. The van der Waals surface area contributed by atoms with Gasteiger partial charge in [-0.2, -0.15) is 0 Å². The highest BCUT2D eigenvalue weighted by Gasteiger charge is 2.29. The Kier molecular flexibility index (Phi) is 2.86. The largest absolute Gasteiger partial charge is 0.462 e. The van der Waals surface area contributed by atoms with E-state index in [0.717, 1.165) is 5.56 Å². The van der Waals surface area contributed by atoms with Crippen LogP contribution in [0.15, 0.2) is 30.3 Å². The van der Waals surface area contributed by atoms with Crippen molar-refractivity contribution in [1.82, 2.24) is 4.98 Å². The maximum absolute atomic E-state index is 12.3. The number of pyridine rings is 1. The number of ketones is 1. The molecule has 0 N–H and O–H groups in total. The number of carbonyl (C=O) groups excluding carboxylic acids is 2. The number of hydrogen-bond acceptors (Lipinski definition) is 4. The maximum Gasteiger partial charge on any atom is 0.339 e. The summed E-state index contributed by atoms with van der Waals surface area (Å²) in [5.41, 5.74) is 3.51. The summed E-state index contributed by atoms with van der Waals surface area (Å²) >= 11 is 0. The van der Waals surface area contributed by atoms with Crippen molar-refractivity contribution in [2.75, 3.05) is 6.61 Å². The van der Waals surface area contributed by atoms with Gasteiger partial charge in [-0.05, 0) is 19.9 Å². The Bertz CT molecular complexity index is 734. The number of rotatable bonds is 2. The van der Waals surface area contributed by atoms with E-state index in [2.05, 4.69) is 4.98 Å². The van der Waals surface area contributed by atoms with Gasteiger partial charge >= 0.3 is 5.97 Å². The first-order valence-electron chi connectivity index (χ1n) is 6.46. The first-order chi connectivity index (χ1) is 9.63. The molecule has 1 aliphatic carbocycles. The lowest BCUT2D eigenvalue weighted by molar-refractivity contribution is 0.0525. The fraction of sp³-hybridized carbons (Fsp3) is 0.188. The van der Waals surface area contributed by atoms with Crippen LogP contribution in [0.1, 0.15) is 38.9 Å². The van der Waals surface area contributed by atoms with Crippen LogP contribution in [-0.4, -0.2) is 23.3 Å². The van der Waals surface area contributed by atoms with Crippen LogP contribution in [0.25, 0.3) is 11.3 Å². The van der Waals surface area contributed by atoms with Crippen molar-refractivity contribution in [2.45, 2.75) is 13.8 Å². The average Bonchev–Trinajstić information content (AvgIpc) is 2.72. The van der Waals surface area contributed by atoms with Crippen LogP contribution < -0.4 is 0 Å². The van der Waals surface area contributed by atoms with Gasteiger partial charge in [0.2, 0.25) is 0 Å². The van der Waals surface area contributed by atoms with Crippen molar-refractivity contribution in [3.63, 3.8) is 0 Å². The molecule has 2 aromatic rings. The molecule has 1 aliphatic rings. The molecule has 100 valence electrons. The van der Waals surface area contributed by atoms with Crippen LogP contribution in [0.4, 0.5) is 0 Å². The maximum atomic E-state index is 12.3. The molecule has 0 amide bonds. The van der Waals surface area contributed by atoms with Crippen LogP contribution in [-0.2, 0) is 4.74 Å². The van der Waals surface area contributed by atoms with E-state index in [0.29, 0.717) is 34.7 Å². The van der Waals surface area contributed by atoms with Crippen molar-refractivity contribution < 1.29 is 14.3 Å². The van der Waals surface area contributed by atoms with Crippen LogP contribution in [0.2, 0.25) is 0 Å². The summed E-state index contributed by atoms with van der Waals surface area (Å²) in [7, 11) is 0. The third-order valence-corrected chi connectivity index (χ3v) is 3.38. The standard InChI is InChI=1S/C16H13NO3/c1-3-20-16(19)12-8-13-14(17-9(12)2)10-6-4-5-7-11(10)15(13)18/h4-8H,3H2,1-2H3. The van der Waals surface area contributed by atoms with Gasteiger partial charge in [0.25, 0.3) is 0 Å². The Morgan fingerprint density at radius 3 is 2.60 bits per heavy atom. The molecule has 0 fully saturated rings. The van der Waals surface area contributed by atoms with Crippen molar-refractivity contribution in [3.05, 3.63) is 52.7 Å². The summed E-state index contributed by atoms with van der Waals surface area (Å²) in [5.74, 6) is -0.530. The van der Waals surface area contributed by atoms with Crippen LogP contribution >= 0.6 is 0 Å². The van der Waals surface area contributed by atoms with Crippen molar-refractivity contribution in [2.24, 2.45) is 0 Å². The van der Waals surface area contributed by atoms with Gasteiger partial charge in [0.15, 0.2) is 5.78 Å². The predicted octanol–water partition coefficient (Wildman–Crippen LogP) is 2.78. The number of fused-ring (bicyclic) bond motifs is 3. The molecule has 0 unspecified atom stereocenters. The number of hydrogen-bond donors (Lipinski definition) is 0. The molecule has 0 spiro atoms. The van der Waals surface area contributed by atoms with E-state index in [1.807, 2.05) is 18.2 Å². The summed E-state index contributed by atoms with van der Waals surface area (Å²) in [6.45, 7) is 3.79. The van der Waals surface area contributed by atoms with E-state index >= 15 is 0 Å². The van der Waals surface area contributed by atoms with E-state index in [4.69, 9.17) is 4.74 Å². The zero-order valence-corrected chi connectivity index (χ0v) is 11.3. The van der Waals surface area contributed by atoms with Gasteiger partial charge in [-0.25, -0.2) is 4.79 Å². The second-order valence-corrected chi connectivity index (χ2v) is 4.61. The van der Waals surface area contributed by atoms with Crippen LogP contribution in [0, 0.1) is 6.92 Å². The number of benzene rings is 1. The quantitative estimate of drug-likeness (QED) is 0.670. The molecule has 20 heavy (non-hydrogen) atoms. The van der Waals surface area contributed by atoms with Crippen molar-refractivity contribution >= 4 is 11.8 Å². The highest BCUT2D eigenvalue weighted by atomic mass is 16.5. The Labute approximate surface area is 116 Å². The average molecular weight is 267 g/mol. The molecule has 1 aromatic carbocycles. The van der Waals surface area contributed by atoms with Gasteiger partial charge in [0, 0.05) is 16.7 Å². The van der Waals surface area contributed by atoms with Gasteiger partial charge in [-0.15, -0.1) is 0 Å². The Balaban J connectivity index is 2.17. The molecule has 4 nitrogen and oxygen atoms in total. The number of aromatic nitrogens is 1. The zero-order valence-electron chi connectivity index (χ0n) is 11.3. The summed E-state index contributed by atoms with van der Waals surface area (Å²) in [6.07, 6.45) is 0. The molecule has 1 aromatic heterocycles. The van der Waals surface area contributed by atoms with Gasteiger partial charge in [0.05, 0.1) is 23.6 Å². The van der Waals surface area contributed by atoms with E-state index < -0.39 is 5.97 Å². The molecule has 3 rings (SSSR count). The van der Waals surface area contributed by atoms with Gasteiger partial charge in [-0.1, -0.05) is 24.3 Å². The van der Waals surface area contributed by atoms with Crippen LogP contribution in [0.5, 0.6) is 0 Å². The smallest absolute Gasteiger partial charge is 0.339 e. The fourth-order valence-electron chi connectivity index (χ4n) is 2.43. The number of ether oxygens (including phenoxy) is 1. The summed E-state index contributed by atoms with van der Waals surface area (Å²) < 4.78 is 4.99. The molecule has 0 bridgehead atoms. The Morgan fingerprint density at radius 2 is 1.90 bits per heavy atom. The molecule has 0 radical (unpaired) electrons. The summed E-state index contributed by atoms with van der Waals surface area (Å²) in [6, 6.07) is 8.94. The summed E-state index contributed by atoms with van der Waals surface area (Å²) in [4.78, 5) is 28.6. The first-order valence-corrected chi connectivity index (χ1v) is 6.46. The lowest BCUT2D eigenvalue weighted by atomic mass is 10.1. The predicted molar refractivity (Wildman–Crippen MR) is 73.8 cm³/mol. The Morgan fingerprint density at radius 1 is 1.20 bits per heavy atom. The number of esters is 1. The fourth-order valence-corrected chi connectivity index (χ4v) is 2.43. The number of nitrogens with zero attached hydrogens (tertiary/aromatic N) is 1. The highest BCUT2D eigenvalue weighted by Crippen LogP contribution is 2.35. The van der Waals surface area contributed by atoms with E-state index in [1.54, 1.807) is 26.0 Å². The molecule has 1 heterocycles. The third-order valence-electron chi connectivity index (χ3n) is 3.38. The Hall–Kier alpha value is -2.49.